The maximum absolute atomic E-state index is 11.4. The Morgan fingerprint density at radius 1 is 1.14 bits per heavy atom. The molecule has 22 heavy (non-hydrogen) atoms. The Labute approximate surface area is 131 Å². The average Bonchev–Trinajstić information content (AvgIpc) is 2.53. The van der Waals surface area contributed by atoms with Gasteiger partial charge in [-0.25, -0.2) is 0 Å². The van der Waals surface area contributed by atoms with Crippen molar-refractivity contribution in [3.8, 4) is 5.75 Å². The number of hydrogen-bond acceptors (Lipinski definition) is 2. The summed E-state index contributed by atoms with van der Waals surface area (Å²) in [5.41, 5.74) is 1.25. The number of rotatable bonds is 6. The average molecular weight is 298 g/mol. The number of carboxylic acid groups (broad SMARTS) is 1. The lowest BCUT2D eigenvalue weighted by molar-refractivity contribution is -0.148. The molecule has 1 atom stereocenters. The van der Waals surface area contributed by atoms with Gasteiger partial charge in [-0.1, -0.05) is 49.4 Å². The molecule has 0 amide bonds. The van der Waals surface area contributed by atoms with Crippen molar-refractivity contribution in [2.75, 3.05) is 0 Å². The van der Waals surface area contributed by atoms with Crippen molar-refractivity contribution >= 4 is 5.97 Å². The minimum absolute atomic E-state index is 0.106. The van der Waals surface area contributed by atoms with Crippen LogP contribution in [0, 0.1) is 5.41 Å². The van der Waals surface area contributed by atoms with Crippen molar-refractivity contribution in [2.24, 2.45) is 5.41 Å². The Hall–Kier alpha value is -2.29. The molecule has 1 N–H and O–H groups in total. The van der Waals surface area contributed by atoms with Crippen molar-refractivity contribution in [1.29, 1.82) is 0 Å². The highest BCUT2D eigenvalue weighted by atomic mass is 16.5. The van der Waals surface area contributed by atoms with Gasteiger partial charge in [-0.2, -0.15) is 0 Å². The molecule has 3 heteroatoms. The zero-order chi connectivity index (χ0) is 16.2. The highest BCUT2D eigenvalue weighted by Crippen LogP contribution is 2.36. The SMILES string of the molecule is CC(c1cccc(OCc2ccccc2)c1)C(C)(C)C(=O)O. The summed E-state index contributed by atoms with van der Waals surface area (Å²) >= 11 is 0. The lowest BCUT2D eigenvalue weighted by Gasteiger charge is -2.27. The Morgan fingerprint density at radius 2 is 1.82 bits per heavy atom. The normalized spacial score (nSPS) is 12.7. The molecule has 0 aliphatic carbocycles. The van der Waals surface area contributed by atoms with E-state index in [4.69, 9.17) is 4.74 Å². The van der Waals surface area contributed by atoms with Crippen LogP contribution in [-0.4, -0.2) is 11.1 Å². The van der Waals surface area contributed by atoms with Crippen LogP contribution in [0.25, 0.3) is 0 Å². The van der Waals surface area contributed by atoms with E-state index in [2.05, 4.69) is 0 Å². The van der Waals surface area contributed by atoms with Crippen molar-refractivity contribution in [3.63, 3.8) is 0 Å². The van der Waals surface area contributed by atoms with E-state index in [0.717, 1.165) is 16.9 Å². The van der Waals surface area contributed by atoms with Gasteiger partial charge in [0.05, 0.1) is 5.41 Å². The van der Waals surface area contributed by atoms with Gasteiger partial charge in [0.2, 0.25) is 0 Å². The van der Waals surface area contributed by atoms with Crippen molar-refractivity contribution in [1.82, 2.24) is 0 Å². The van der Waals surface area contributed by atoms with E-state index in [0.29, 0.717) is 6.61 Å². The molecule has 3 nitrogen and oxygen atoms in total. The minimum Gasteiger partial charge on any atom is -0.489 e. The predicted molar refractivity (Wildman–Crippen MR) is 87.0 cm³/mol. The molecular formula is C19H22O3. The van der Waals surface area contributed by atoms with Crippen LogP contribution in [-0.2, 0) is 11.4 Å². The molecule has 0 saturated heterocycles. The second-order valence-corrected chi connectivity index (χ2v) is 6.10. The fraction of sp³-hybridized carbons (Fsp3) is 0.316. The molecule has 2 aromatic rings. The Bertz CT molecular complexity index is 632. The molecule has 0 heterocycles. The van der Waals surface area contributed by atoms with Crippen molar-refractivity contribution in [3.05, 3.63) is 65.7 Å². The molecule has 2 aromatic carbocycles. The fourth-order valence-corrected chi connectivity index (χ4v) is 2.22. The van der Waals surface area contributed by atoms with Crippen LogP contribution in [0.4, 0.5) is 0 Å². The molecule has 0 fully saturated rings. The molecule has 0 bridgehead atoms. The monoisotopic (exact) mass is 298 g/mol. The summed E-state index contributed by atoms with van der Waals surface area (Å²) in [4.78, 5) is 11.4. The predicted octanol–water partition coefficient (Wildman–Crippen LogP) is 4.48. The molecule has 116 valence electrons. The van der Waals surface area contributed by atoms with Crippen LogP contribution in [0.3, 0.4) is 0 Å². The largest absolute Gasteiger partial charge is 0.489 e. The van der Waals surface area contributed by atoms with Gasteiger partial charge in [0.25, 0.3) is 0 Å². The lowest BCUT2D eigenvalue weighted by Crippen LogP contribution is -2.29. The molecule has 0 aromatic heterocycles. The number of aliphatic carboxylic acids is 1. The van der Waals surface area contributed by atoms with Crippen molar-refractivity contribution < 1.29 is 14.6 Å². The second kappa shape index (κ2) is 6.65. The molecule has 0 aliphatic heterocycles. The number of carbonyl (C=O) groups is 1. The van der Waals surface area contributed by atoms with Gasteiger partial charge in [0.15, 0.2) is 0 Å². The first-order chi connectivity index (χ1) is 10.4. The highest BCUT2D eigenvalue weighted by Gasteiger charge is 2.34. The van der Waals surface area contributed by atoms with E-state index >= 15 is 0 Å². The molecule has 2 rings (SSSR count). The van der Waals surface area contributed by atoms with E-state index in [1.165, 1.54) is 0 Å². The number of ether oxygens (including phenoxy) is 1. The molecule has 0 spiro atoms. The van der Waals surface area contributed by atoms with Gasteiger partial charge in [-0.15, -0.1) is 0 Å². The van der Waals surface area contributed by atoms with Crippen LogP contribution in [0.1, 0.15) is 37.8 Å². The lowest BCUT2D eigenvalue weighted by atomic mass is 9.76. The third-order valence-corrected chi connectivity index (χ3v) is 4.24. The highest BCUT2D eigenvalue weighted by molar-refractivity contribution is 5.75. The van der Waals surface area contributed by atoms with E-state index in [-0.39, 0.29) is 5.92 Å². The van der Waals surface area contributed by atoms with Crippen LogP contribution >= 0.6 is 0 Å². The fourth-order valence-electron chi connectivity index (χ4n) is 2.22. The molecular weight excluding hydrogens is 276 g/mol. The smallest absolute Gasteiger partial charge is 0.309 e. The molecule has 0 aliphatic rings. The first kappa shape index (κ1) is 16.1. The van der Waals surface area contributed by atoms with Gasteiger partial charge in [0.1, 0.15) is 12.4 Å². The molecule has 0 saturated carbocycles. The van der Waals surface area contributed by atoms with Crippen LogP contribution in [0.2, 0.25) is 0 Å². The molecule has 0 radical (unpaired) electrons. The van der Waals surface area contributed by atoms with Crippen LogP contribution in [0.5, 0.6) is 5.75 Å². The Kier molecular flexibility index (Phi) is 4.86. The summed E-state index contributed by atoms with van der Waals surface area (Å²) in [6.07, 6.45) is 0. The number of hydrogen-bond donors (Lipinski definition) is 1. The van der Waals surface area contributed by atoms with Gasteiger partial charge in [-0.05, 0) is 43.0 Å². The summed E-state index contributed by atoms with van der Waals surface area (Å²) in [5, 5.41) is 9.36. The van der Waals surface area contributed by atoms with Crippen LogP contribution in [0.15, 0.2) is 54.6 Å². The van der Waals surface area contributed by atoms with E-state index in [9.17, 15) is 9.90 Å². The summed E-state index contributed by atoms with van der Waals surface area (Å²) in [5.74, 6) is -0.143. The van der Waals surface area contributed by atoms with Gasteiger partial charge < -0.3 is 9.84 Å². The third-order valence-electron chi connectivity index (χ3n) is 4.24. The Balaban J connectivity index is 2.11. The summed E-state index contributed by atoms with van der Waals surface area (Å²) in [7, 11) is 0. The zero-order valence-corrected chi connectivity index (χ0v) is 13.2. The quantitative estimate of drug-likeness (QED) is 0.855. The maximum atomic E-state index is 11.4. The zero-order valence-electron chi connectivity index (χ0n) is 13.2. The summed E-state index contributed by atoms with van der Waals surface area (Å²) in [6, 6.07) is 17.6. The van der Waals surface area contributed by atoms with Crippen LogP contribution < -0.4 is 4.74 Å². The Morgan fingerprint density at radius 3 is 2.45 bits per heavy atom. The van der Waals surface area contributed by atoms with Gasteiger partial charge >= 0.3 is 5.97 Å². The maximum Gasteiger partial charge on any atom is 0.309 e. The summed E-state index contributed by atoms with van der Waals surface area (Å²) < 4.78 is 5.81. The number of benzene rings is 2. The topological polar surface area (TPSA) is 46.5 Å². The first-order valence-corrected chi connectivity index (χ1v) is 7.41. The number of carboxylic acids is 1. The van der Waals surface area contributed by atoms with Crippen molar-refractivity contribution in [2.45, 2.75) is 33.3 Å². The first-order valence-electron chi connectivity index (χ1n) is 7.41. The summed E-state index contributed by atoms with van der Waals surface area (Å²) in [6.45, 7) is 5.93. The second-order valence-electron chi connectivity index (χ2n) is 6.10. The van der Waals surface area contributed by atoms with E-state index in [1.807, 2.05) is 61.5 Å². The minimum atomic E-state index is -0.821. The van der Waals surface area contributed by atoms with Gasteiger partial charge in [0, 0.05) is 0 Å². The van der Waals surface area contributed by atoms with Gasteiger partial charge in [-0.3, -0.25) is 4.79 Å². The standard InChI is InChI=1S/C19H22O3/c1-14(19(2,3)18(20)21)16-10-7-11-17(12-16)22-13-15-8-5-4-6-9-15/h4-12,14H,13H2,1-3H3,(H,20,21). The van der Waals surface area contributed by atoms with E-state index < -0.39 is 11.4 Å². The van der Waals surface area contributed by atoms with E-state index in [1.54, 1.807) is 13.8 Å². The molecule has 1 unspecified atom stereocenters. The third kappa shape index (κ3) is 3.67.